The van der Waals surface area contributed by atoms with Gasteiger partial charge in [-0.1, -0.05) is 30.4 Å². The number of hydrogen-bond donors (Lipinski definition) is 0. The summed E-state index contributed by atoms with van der Waals surface area (Å²) >= 11 is 0. The van der Waals surface area contributed by atoms with Crippen molar-refractivity contribution in [1.82, 2.24) is 0 Å². The van der Waals surface area contributed by atoms with Crippen molar-refractivity contribution in [3.05, 3.63) is 47.5 Å². The molecule has 74 valence electrons. The molecule has 0 aromatic heterocycles. The van der Waals surface area contributed by atoms with Gasteiger partial charge in [-0.3, -0.25) is 0 Å². The summed E-state index contributed by atoms with van der Waals surface area (Å²) in [7, 11) is 1.40. The van der Waals surface area contributed by atoms with Crippen LogP contribution in [-0.4, -0.2) is 13.1 Å². The van der Waals surface area contributed by atoms with Crippen molar-refractivity contribution in [2.45, 2.75) is 13.3 Å². The molecule has 0 aliphatic heterocycles. The minimum Gasteiger partial charge on any atom is -0.465 e. The lowest BCUT2D eigenvalue weighted by atomic mass is 10.0. The fourth-order valence-electron chi connectivity index (χ4n) is 1.25. The van der Waals surface area contributed by atoms with Crippen LogP contribution >= 0.6 is 0 Å². The molecule has 2 heteroatoms. The van der Waals surface area contributed by atoms with Crippen molar-refractivity contribution in [3.63, 3.8) is 0 Å². The molecule has 0 saturated heterocycles. The number of hydrogen-bond acceptors (Lipinski definition) is 2. The molecule has 0 fully saturated rings. The second-order valence-electron chi connectivity index (χ2n) is 2.92. The van der Waals surface area contributed by atoms with E-state index in [2.05, 4.69) is 0 Å². The summed E-state index contributed by atoms with van der Waals surface area (Å²) in [6, 6.07) is 7.48. The highest BCUT2D eigenvalue weighted by atomic mass is 16.5. The van der Waals surface area contributed by atoms with Crippen LogP contribution in [0, 0.1) is 0 Å². The van der Waals surface area contributed by atoms with Gasteiger partial charge in [0.1, 0.15) is 0 Å². The standard InChI is InChI=1S/C12H14O2/c1-3-4-7-10-8-5-6-9-11(10)12(13)14-2/h3-6,8-9H,7H2,1-2H3/b4-3+. The molecular weight excluding hydrogens is 176 g/mol. The van der Waals surface area contributed by atoms with E-state index in [1.54, 1.807) is 6.07 Å². The first-order valence-corrected chi connectivity index (χ1v) is 4.57. The van der Waals surface area contributed by atoms with Gasteiger partial charge in [-0.25, -0.2) is 4.79 Å². The van der Waals surface area contributed by atoms with Gasteiger partial charge in [0.05, 0.1) is 12.7 Å². The Morgan fingerprint density at radius 3 is 2.79 bits per heavy atom. The maximum absolute atomic E-state index is 11.4. The number of carbonyl (C=O) groups excluding carboxylic acids is 1. The smallest absolute Gasteiger partial charge is 0.338 e. The molecule has 0 aliphatic carbocycles. The fraction of sp³-hybridized carbons (Fsp3) is 0.250. The molecule has 1 aromatic rings. The first-order valence-electron chi connectivity index (χ1n) is 4.57. The minimum absolute atomic E-state index is 0.273. The van der Waals surface area contributed by atoms with Gasteiger partial charge < -0.3 is 4.74 Å². The van der Waals surface area contributed by atoms with Crippen LogP contribution in [0.4, 0.5) is 0 Å². The van der Waals surface area contributed by atoms with E-state index >= 15 is 0 Å². The van der Waals surface area contributed by atoms with E-state index in [1.807, 2.05) is 37.3 Å². The van der Waals surface area contributed by atoms with Crippen LogP contribution in [0.15, 0.2) is 36.4 Å². The van der Waals surface area contributed by atoms with Gasteiger partial charge in [0, 0.05) is 0 Å². The van der Waals surface area contributed by atoms with E-state index < -0.39 is 0 Å². The van der Waals surface area contributed by atoms with Crippen LogP contribution in [0.5, 0.6) is 0 Å². The first-order chi connectivity index (χ1) is 6.79. The molecular formula is C12H14O2. The van der Waals surface area contributed by atoms with Gasteiger partial charge in [0.15, 0.2) is 0 Å². The van der Waals surface area contributed by atoms with Gasteiger partial charge in [-0.05, 0) is 25.0 Å². The number of methoxy groups -OCH3 is 1. The number of ether oxygens (including phenoxy) is 1. The lowest BCUT2D eigenvalue weighted by Gasteiger charge is -2.04. The molecule has 2 nitrogen and oxygen atoms in total. The van der Waals surface area contributed by atoms with Gasteiger partial charge in [-0.2, -0.15) is 0 Å². The third-order valence-electron chi connectivity index (χ3n) is 2.00. The Balaban J connectivity index is 2.96. The normalized spacial score (nSPS) is 10.4. The monoisotopic (exact) mass is 190 g/mol. The molecule has 1 rings (SSSR count). The lowest BCUT2D eigenvalue weighted by Crippen LogP contribution is -2.04. The number of benzene rings is 1. The molecule has 0 aliphatic rings. The summed E-state index contributed by atoms with van der Waals surface area (Å²) in [4.78, 5) is 11.4. The maximum Gasteiger partial charge on any atom is 0.338 e. The third-order valence-corrected chi connectivity index (χ3v) is 2.00. The molecule has 14 heavy (non-hydrogen) atoms. The minimum atomic E-state index is -0.273. The van der Waals surface area contributed by atoms with E-state index in [4.69, 9.17) is 4.74 Å². The molecule has 0 saturated carbocycles. The Morgan fingerprint density at radius 1 is 1.43 bits per heavy atom. The SMILES string of the molecule is C/C=C/Cc1ccccc1C(=O)OC. The van der Waals surface area contributed by atoms with Crippen molar-refractivity contribution in [2.75, 3.05) is 7.11 Å². The van der Waals surface area contributed by atoms with E-state index in [9.17, 15) is 4.79 Å². The number of esters is 1. The summed E-state index contributed by atoms with van der Waals surface area (Å²) in [6.07, 6.45) is 4.75. The average Bonchev–Trinajstić information content (AvgIpc) is 2.25. The molecule has 0 N–H and O–H groups in total. The van der Waals surface area contributed by atoms with Crippen molar-refractivity contribution < 1.29 is 9.53 Å². The number of rotatable bonds is 3. The molecule has 0 bridgehead atoms. The predicted octanol–water partition coefficient (Wildman–Crippen LogP) is 2.59. The van der Waals surface area contributed by atoms with Crippen LogP contribution in [-0.2, 0) is 11.2 Å². The zero-order valence-electron chi connectivity index (χ0n) is 8.49. The number of carbonyl (C=O) groups is 1. The van der Waals surface area contributed by atoms with Crippen molar-refractivity contribution in [1.29, 1.82) is 0 Å². The number of allylic oxidation sites excluding steroid dienone is 2. The zero-order valence-corrected chi connectivity index (χ0v) is 8.49. The molecule has 0 unspecified atom stereocenters. The summed E-state index contributed by atoms with van der Waals surface area (Å²) < 4.78 is 4.69. The van der Waals surface area contributed by atoms with Crippen molar-refractivity contribution in [3.8, 4) is 0 Å². The van der Waals surface area contributed by atoms with Crippen molar-refractivity contribution in [2.24, 2.45) is 0 Å². The van der Waals surface area contributed by atoms with Crippen LogP contribution in [0.2, 0.25) is 0 Å². The van der Waals surface area contributed by atoms with Gasteiger partial charge in [-0.15, -0.1) is 0 Å². The van der Waals surface area contributed by atoms with Crippen molar-refractivity contribution >= 4 is 5.97 Å². The van der Waals surface area contributed by atoms with Crippen LogP contribution in [0.25, 0.3) is 0 Å². The Bertz CT molecular complexity index is 340. The molecule has 0 radical (unpaired) electrons. The Hall–Kier alpha value is -1.57. The molecule has 0 heterocycles. The second kappa shape index (κ2) is 5.22. The highest BCUT2D eigenvalue weighted by Crippen LogP contribution is 2.11. The third kappa shape index (κ3) is 2.46. The van der Waals surface area contributed by atoms with Gasteiger partial charge in [0.25, 0.3) is 0 Å². The maximum atomic E-state index is 11.4. The van der Waals surface area contributed by atoms with Gasteiger partial charge >= 0.3 is 5.97 Å². The van der Waals surface area contributed by atoms with Crippen LogP contribution in [0.3, 0.4) is 0 Å². The molecule has 0 spiro atoms. The largest absolute Gasteiger partial charge is 0.465 e. The molecule has 1 aromatic carbocycles. The Morgan fingerprint density at radius 2 is 2.14 bits per heavy atom. The Labute approximate surface area is 84.2 Å². The zero-order chi connectivity index (χ0) is 10.4. The highest BCUT2D eigenvalue weighted by Gasteiger charge is 2.08. The van der Waals surface area contributed by atoms with Crippen LogP contribution < -0.4 is 0 Å². The van der Waals surface area contributed by atoms with Crippen LogP contribution in [0.1, 0.15) is 22.8 Å². The average molecular weight is 190 g/mol. The predicted molar refractivity (Wildman–Crippen MR) is 56.3 cm³/mol. The summed E-state index contributed by atoms with van der Waals surface area (Å²) in [5.41, 5.74) is 1.64. The summed E-state index contributed by atoms with van der Waals surface area (Å²) in [5.74, 6) is -0.273. The van der Waals surface area contributed by atoms with E-state index in [0.717, 1.165) is 12.0 Å². The Kier molecular flexibility index (Phi) is 3.92. The second-order valence-corrected chi connectivity index (χ2v) is 2.92. The molecule has 0 atom stereocenters. The van der Waals surface area contributed by atoms with E-state index in [1.165, 1.54) is 7.11 Å². The van der Waals surface area contributed by atoms with E-state index in [-0.39, 0.29) is 5.97 Å². The highest BCUT2D eigenvalue weighted by molar-refractivity contribution is 5.91. The summed E-state index contributed by atoms with van der Waals surface area (Å²) in [5, 5.41) is 0. The fourth-order valence-corrected chi connectivity index (χ4v) is 1.25. The quantitative estimate of drug-likeness (QED) is 0.541. The molecule has 0 amide bonds. The first kappa shape index (κ1) is 10.5. The van der Waals surface area contributed by atoms with E-state index in [0.29, 0.717) is 5.56 Å². The van der Waals surface area contributed by atoms with Gasteiger partial charge in [0.2, 0.25) is 0 Å². The lowest BCUT2D eigenvalue weighted by molar-refractivity contribution is 0.0599. The summed E-state index contributed by atoms with van der Waals surface area (Å²) in [6.45, 7) is 1.96. The topological polar surface area (TPSA) is 26.3 Å².